The largest absolute Gasteiger partial charge is 0.491 e. The van der Waals surface area contributed by atoms with Crippen LogP contribution in [0.4, 0.5) is 0 Å². The Hall–Kier alpha value is -2.40. The van der Waals surface area contributed by atoms with Gasteiger partial charge in [-0.2, -0.15) is 0 Å². The molecule has 1 aliphatic rings. The minimum absolute atomic E-state index is 0.109. The van der Waals surface area contributed by atoms with Crippen molar-refractivity contribution in [3.05, 3.63) is 59.9 Å². The van der Waals surface area contributed by atoms with Crippen LogP contribution in [-0.2, 0) is 4.74 Å². The normalized spacial score (nSPS) is 18.1. The number of amides is 1. The Bertz CT molecular complexity index is 669. The number of nitrogens with one attached hydrogen (secondary N) is 1. The molecule has 2 unspecified atom stereocenters. The van der Waals surface area contributed by atoms with Gasteiger partial charge in [-0.25, -0.2) is 0 Å². The molecule has 0 bridgehead atoms. The molecule has 1 N–H and O–H groups in total. The number of carbonyl (C=O) groups is 1. The Morgan fingerprint density at radius 2 is 2.33 bits per heavy atom. The molecule has 0 radical (unpaired) electrons. The van der Waals surface area contributed by atoms with E-state index in [0.29, 0.717) is 17.9 Å². The lowest BCUT2D eigenvalue weighted by atomic mass is 10.1. The molecule has 3 rings (SSSR count). The Morgan fingerprint density at radius 3 is 3.08 bits per heavy atom. The van der Waals surface area contributed by atoms with Crippen LogP contribution in [0.25, 0.3) is 0 Å². The zero-order valence-electron chi connectivity index (χ0n) is 13.8. The molecule has 2 atom stereocenters. The summed E-state index contributed by atoms with van der Waals surface area (Å²) in [5.74, 6) is 0.557. The monoisotopic (exact) mass is 326 g/mol. The smallest absolute Gasteiger partial charge is 0.251 e. The van der Waals surface area contributed by atoms with Gasteiger partial charge < -0.3 is 14.8 Å². The number of rotatable bonds is 6. The zero-order chi connectivity index (χ0) is 16.8. The van der Waals surface area contributed by atoms with Crippen molar-refractivity contribution < 1.29 is 14.3 Å². The summed E-state index contributed by atoms with van der Waals surface area (Å²) in [6.07, 6.45) is 5.75. The SMILES string of the molecule is CC(NC(=O)c1cccc(OCC2CCCO2)c1)c1cccnc1. The predicted octanol–water partition coefficient (Wildman–Crippen LogP) is 3.13. The molecule has 24 heavy (non-hydrogen) atoms. The highest BCUT2D eigenvalue weighted by molar-refractivity contribution is 5.94. The summed E-state index contributed by atoms with van der Waals surface area (Å²) in [7, 11) is 0. The Morgan fingerprint density at radius 1 is 1.42 bits per heavy atom. The number of pyridine rings is 1. The fourth-order valence-corrected chi connectivity index (χ4v) is 2.69. The van der Waals surface area contributed by atoms with Crippen molar-refractivity contribution in [2.24, 2.45) is 0 Å². The molecule has 0 spiro atoms. The van der Waals surface area contributed by atoms with E-state index in [0.717, 1.165) is 25.0 Å². The van der Waals surface area contributed by atoms with Crippen molar-refractivity contribution in [2.45, 2.75) is 31.9 Å². The second-order valence-corrected chi connectivity index (χ2v) is 5.96. The Labute approximate surface area is 142 Å². The Kier molecular flexibility index (Phi) is 5.43. The number of hydrogen-bond acceptors (Lipinski definition) is 4. The van der Waals surface area contributed by atoms with Crippen LogP contribution >= 0.6 is 0 Å². The van der Waals surface area contributed by atoms with E-state index in [9.17, 15) is 4.79 Å². The van der Waals surface area contributed by atoms with Gasteiger partial charge in [0.1, 0.15) is 12.4 Å². The average molecular weight is 326 g/mol. The van der Waals surface area contributed by atoms with Crippen LogP contribution in [0.2, 0.25) is 0 Å². The van der Waals surface area contributed by atoms with E-state index >= 15 is 0 Å². The highest BCUT2D eigenvalue weighted by Crippen LogP contribution is 2.18. The fraction of sp³-hybridized carbons (Fsp3) is 0.368. The third-order valence-electron chi connectivity index (χ3n) is 4.09. The molecule has 2 aromatic rings. The Balaban J connectivity index is 1.59. The number of benzene rings is 1. The first-order valence-electron chi connectivity index (χ1n) is 8.27. The highest BCUT2D eigenvalue weighted by Gasteiger charge is 2.16. The van der Waals surface area contributed by atoms with Crippen LogP contribution < -0.4 is 10.1 Å². The van der Waals surface area contributed by atoms with Crippen LogP contribution in [-0.4, -0.2) is 30.2 Å². The molecule has 1 amide bonds. The molecule has 1 aromatic carbocycles. The molecule has 1 fully saturated rings. The number of hydrogen-bond donors (Lipinski definition) is 1. The lowest BCUT2D eigenvalue weighted by molar-refractivity contribution is 0.0679. The van der Waals surface area contributed by atoms with Gasteiger partial charge in [0.2, 0.25) is 0 Å². The van der Waals surface area contributed by atoms with E-state index in [4.69, 9.17) is 9.47 Å². The van der Waals surface area contributed by atoms with Crippen molar-refractivity contribution in [3.8, 4) is 5.75 Å². The van der Waals surface area contributed by atoms with Crippen molar-refractivity contribution in [2.75, 3.05) is 13.2 Å². The molecule has 1 aromatic heterocycles. The maximum Gasteiger partial charge on any atom is 0.251 e. The second-order valence-electron chi connectivity index (χ2n) is 5.96. The maximum atomic E-state index is 12.4. The van der Waals surface area contributed by atoms with Gasteiger partial charge in [0.25, 0.3) is 5.91 Å². The average Bonchev–Trinajstić information content (AvgIpc) is 3.14. The summed E-state index contributed by atoms with van der Waals surface area (Å²) in [4.78, 5) is 16.5. The van der Waals surface area contributed by atoms with Gasteiger partial charge in [-0.3, -0.25) is 9.78 Å². The van der Waals surface area contributed by atoms with Gasteiger partial charge in [-0.05, 0) is 49.6 Å². The third-order valence-corrected chi connectivity index (χ3v) is 4.09. The van der Waals surface area contributed by atoms with E-state index < -0.39 is 0 Å². The topological polar surface area (TPSA) is 60.5 Å². The highest BCUT2D eigenvalue weighted by atomic mass is 16.5. The fourth-order valence-electron chi connectivity index (χ4n) is 2.69. The molecule has 1 aliphatic heterocycles. The second kappa shape index (κ2) is 7.93. The van der Waals surface area contributed by atoms with Crippen LogP contribution in [0.1, 0.15) is 41.7 Å². The van der Waals surface area contributed by atoms with E-state index in [-0.39, 0.29) is 18.1 Å². The van der Waals surface area contributed by atoms with Gasteiger partial charge in [-0.15, -0.1) is 0 Å². The third kappa shape index (κ3) is 4.32. The van der Waals surface area contributed by atoms with E-state index in [2.05, 4.69) is 10.3 Å². The quantitative estimate of drug-likeness (QED) is 0.886. The van der Waals surface area contributed by atoms with Crippen LogP contribution in [0.5, 0.6) is 5.75 Å². The lowest BCUT2D eigenvalue weighted by Crippen LogP contribution is -2.26. The molecule has 0 aliphatic carbocycles. The summed E-state index contributed by atoms with van der Waals surface area (Å²) in [5, 5.41) is 2.98. The van der Waals surface area contributed by atoms with E-state index in [1.807, 2.05) is 31.2 Å². The first-order chi connectivity index (χ1) is 11.7. The molecule has 0 saturated carbocycles. The standard InChI is InChI=1S/C19H22N2O3/c1-14(16-6-3-9-20-12-16)21-19(22)15-5-2-7-17(11-15)24-13-18-8-4-10-23-18/h2-3,5-7,9,11-12,14,18H,4,8,10,13H2,1H3,(H,21,22). The molecular weight excluding hydrogens is 304 g/mol. The number of carbonyl (C=O) groups excluding carboxylic acids is 1. The van der Waals surface area contributed by atoms with Gasteiger partial charge in [0.15, 0.2) is 0 Å². The number of aromatic nitrogens is 1. The van der Waals surface area contributed by atoms with Crippen LogP contribution in [0, 0.1) is 0 Å². The molecule has 5 heteroatoms. The summed E-state index contributed by atoms with van der Waals surface area (Å²) in [5.41, 5.74) is 1.55. The molecule has 2 heterocycles. The summed E-state index contributed by atoms with van der Waals surface area (Å²) < 4.78 is 11.3. The zero-order valence-corrected chi connectivity index (χ0v) is 13.8. The molecule has 1 saturated heterocycles. The van der Waals surface area contributed by atoms with Crippen molar-refractivity contribution >= 4 is 5.91 Å². The van der Waals surface area contributed by atoms with Gasteiger partial charge in [0.05, 0.1) is 12.1 Å². The maximum absolute atomic E-state index is 12.4. The number of nitrogens with zero attached hydrogens (tertiary/aromatic N) is 1. The van der Waals surface area contributed by atoms with Gasteiger partial charge in [0, 0.05) is 24.6 Å². The minimum Gasteiger partial charge on any atom is -0.491 e. The first-order valence-corrected chi connectivity index (χ1v) is 8.27. The van der Waals surface area contributed by atoms with Crippen molar-refractivity contribution in [3.63, 3.8) is 0 Å². The minimum atomic E-state index is -0.131. The lowest BCUT2D eigenvalue weighted by Gasteiger charge is -2.15. The predicted molar refractivity (Wildman–Crippen MR) is 91.0 cm³/mol. The number of ether oxygens (including phenoxy) is 2. The van der Waals surface area contributed by atoms with E-state index in [1.165, 1.54) is 0 Å². The van der Waals surface area contributed by atoms with Gasteiger partial charge in [-0.1, -0.05) is 12.1 Å². The van der Waals surface area contributed by atoms with Crippen molar-refractivity contribution in [1.29, 1.82) is 0 Å². The van der Waals surface area contributed by atoms with Gasteiger partial charge >= 0.3 is 0 Å². The van der Waals surface area contributed by atoms with Crippen molar-refractivity contribution in [1.82, 2.24) is 10.3 Å². The van der Waals surface area contributed by atoms with E-state index in [1.54, 1.807) is 24.5 Å². The summed E-state index contributed by atoms with van der Waals surface area (Å²) >= 11 is 0. The molecule has 5 nitrogen and oxygen atoms in total. The summed E-state index contributed by atoms with van der Waals surface area (Å²) in [6.45, 7) is 3.27. The molecular formula is C19H22N2O3. The van der Waals surface area contributed by atoms with Crippen LogP contribution in [0.15, 0.2) is 48.8 Å². The summed E-state index contributed by atoms with van der Waals surface area (Å²) in [6, 6.07) is 10.9. The van der Waals surface area contributed by atoms with Crippen LogP contribution in [0.3, 0.4) is 0 Å². The first kappa shape index (κ1) is 16.5. The molecule has 126 valence electrons.